The van der Waals surface area contributed by atoms with Gasteiger partial charge in [-0.25, -0.2) is 4.98 Å². The maximum absolute atomic E-state index is 9.06. The predicted octanol–water partition coefficient (Wildman–Crippen LogP) is 4.63. The molecule has 6 heteroatoms. The van der Waals surface area contributed by atoms with Crippen molar-refractivity contribution in [3.05, 3.63) is 70.7 Å². The molecule has 4 aliphatic rings. The number of fused-ring (bicyclic) bond motifs is 4. The van der Waals surface area contributed by atoms with Crippen LogP contribution in [0.2, 0.25) is 0 Å². The van der Waals surface area contributed by atoms with Gasteiger partial charge in [-0.3, -0.25) is 10.4 Å². The predicted molar refractivity (Wildman–Crippen MR) is 125 cm³/mol. The number of allylic oxidation sites excluding steroid dienone is 1. The highest BCUT2D eigenvalue weighted by Gasteiger charge is 2.45. The number of para-hydroxylation sites is 1. The van der Waals surface area contributed by atoms with Gasteiger partial charge >= 0.3 is 0 Å². The Bertz CT molecular complexity index is 1360. The Morgan fingerprint density at radius 1 is 1.12 bits per heavy atom. The molecule has 2 aromatic heterocycles. The van der Waals surface area contributed by atoms with Crippen molar-refractivity contribution in [1.82, 2.24) is 14.5 Å². The molecular formula is C27H28N4O2. The van der Waals surface area contributed by atoms with E-state index in [1.807, 2.05) is 18.3 Å². The van der Waals surface area contributed by atoms with Gasteiger partial charge in [0.2, 0.25) is 0 Å². The summed E-state index contributed by atoms with van der Waals surface area (Å²) in [7, 11) is 0. The van der Waals surface area contributed by atoms with Crippen LogP contribution < -0.4 is 5.49 Å². The van der Waals surface area contributed by atoms with Gasteiger partial charge in [-0.1, -0.05) is 24.3 Å². The average molecular weight is 441 g/mol. The molecule has 1 spiro atoms. The van der Waals surface area contributed by atoms with E-state index in [-0.39, 0.29) is 5.79 Å². The first-order chi connectivity index (χ1) is 16.1. The van der Waals surface area contributed by atoms with Gasteiger partial charge in [-0.15, -0.1) is 0 Å². The molecule has 2 aliphatic heterocycles. The van der Waals surface area contributed by atoms with Crippen LogP contribution in [0.25, 0.3) is 16.5 Å². The van der Waals surface area contributed by atoms with Crippen molar-refractivity contribution in [3.63, 3.8) is 0 Å². The maximum Gasteiger partial charge on any atom is 0.168 e. The molecule has 0 radical (unpaired) electrons. The standard InChI is InChI=1S/C27H28N4O2/c1-16-24(17-6-8-27(9-7-17)32-10-11-33-27)30-26-21(13-19-14-23(19)31(26)25(16)28)20-12-18-4-2-3-5-22(18)29-15-20/h2-5,12-13,15,17,19,23,28H,6-11,14H2,1H3. The Kier molecular flexibility index (Phi) is 4.21. The molecule has 3 fully saturated rings. The molecule has 2 saturated carbocycles. The third kappa shape index (κ3) is 3.04. The van der Waals surface area contributed by atoms with E-state index in [1.165, 1.54) is 0 Å². The molecule has 1 aromatic carbocycles. The molecular weight excluding hydrogens is 412 g/mol. The smallest absolute Gasteiger partial charge is 0.168 e. The number of nitrogens with one attached hydrogen (secondary N) is 1. The van der Waals surface area contributed by atoms with Crippen LogP contribution in [0, 0.1) is 18.3 Å². The molecule has 0 amide bonds. The Hall–Kier alpha value is -2.83. The zero-order valence-electron chi connectivity index (χ0n) is 18.9. The Morgan fingerprint density at radius 3 is 2.73 bits per heavy atom. The minimum Gasteiger partial charge on any atom is -0.348 e. The summed E-state index contributed by atoms with van der Waals surface area (Å²) in [6.07, 6.45) is 9.20. The molecule has 4 heterocycles. The summed E-state index contributed by atoms with van der Waals surface area (Å²) < 4.78 is 14.1. The van der Waals surface area contributed by atoms with Crippen LogP contribution in [-0.2, 0) is 9.47 Å². The van der Waals surface area contributed by atoms with Crippen molar-refractivity contribution in [3.8, 4) is 0 Å². The number of benzene rings is 1. The molecule has 33 heavy (non-hydrogen) atoms. The molecule has 0 bridgehead atoms. The molecule has 2 aliphatic carbocycles. The van der Waals surface area contributed by atoms with Gasteiger partial charge < -0.3 is 14.0 Å². The van der Waals surface area contributed by atoms with Crippen molar-refractivity contribution < 1.29 is 9.47 Å². The summed E-state index contributed by atoms with van der Waals surface area (Å²) in [5.74, 6) is 1.39. The maximum atomic E-state index is 9.06. The summed E-state index contributed by atoms with van der Waals surface area (Å²) >= 11 is 0. The molecule has 6 nitrogen and oxygen atoms in total. The van der Waals surface area contributed by atoms with Crippen molar-refractivity contribution in [2.24, 2.45) is 5.92 Å². The highest BCUT2D eigenvalue weighted by Crippen LogP contribution is 2.51. The van der Waals surface area contributed by atoms with E-state index in [0.29, 0.717) is 36.6 Å². The van der Waals surface area contributed by atoms with E-state index < -0.39 is 0 Å². The fourth-order valence-corrected chi connectivity index (χ4v) is 6.10. The SMILES string of the molecule is Cc1c(C2CCC3(CC2)OCCO3)nc2n(c1=N)C1CC1C=C2c1cnc2ccccc2c1. The monoisotopic (exact) mass is 440 g/mol. The highest BCUT2D eigenvalue weighted by molar-refractivity contribution is 5.86. The Labute approximate surface area is 192 Å². The number of hydrogen-bond donors (Lipinski definition) is 1. The number of hydrogen-bond acceptors (Lipinski definition) is 5. The number of ether oxygens (including phenoxy) is 2. The second-order valence-electron chi connectivity index (χ2n) is 10.0. The Balaban J connectivity index is 1.31. The molecule has 1 N–H and O–H groups in total. The highest BCUT2D eigenvalue weighted by atomic mass is 16.7. The minimum atomic E-state index is -0.375. The van der Waals surface area contributed by atoms with Crippen molar-refractivity contribution in [2.75, 3.05) is 13.2 Å². The summed E-state index contributed by atoms with van der Waals surface area (Å²) in [5.41, 5.74) is 5.94. The second-order valence-corrected chi connectivity index (χ2v) is 10.0. The quantitative estimate of drug-likeness (QED) is 0.631. The van der Waals surface area contributed by atoms with Crippen LogP contribution in [0.3, 0.4) is 0 Å². The van der Waals surface area contributed by atoms with E-state index in [9.17, 15) is 0 Å². The van der Waals surface area contributed by atoms with E-state index in [1.54, 1.807) is 0 Å². The number of rotatable bonds is 2. The number of aromatic nitrogens is 3. The van der Waals surface area contributed by atoms with Crippen LogP contribution in [0.1, 0.15) is 66.7 Å². The largest absolute Gasteiger partial charge is 0.348 e. The zero-order valence-corrected chi connectivity index (χ0v) is 18.9. The van der Waals surface area contributed by atoms with Gasteiger partial charge in [0.05, 0.1) is 24.4 Å². The third-order valence-corrected chi connectivity index (χ3v) is 8.04. The van der Waals surface area contributed by atoms with Crippen molar-refractivity contribution in [2.45, 2.75) is 56.8 Å². The van der Waals surface area contributed by atoms with Gasteiger partial charge in [0.25, 0.3) is 0 Å². The summed E-state index contributed by atoms with van der Waals surface area (Å²) in [6.45, 7) is 3.48. The fraction of sp³-hybridized carbons (Fsp3) is 0.444. The average Bonchev–Trinajstić information content (AvgIpc) is 3.50. The van der Waals surface area contributed by atoms with Crippen molar-refractivity contribution in [1.29, 1.82) is 5.41 Å². The van der Waals surface area contributed by atoms with Gasteiger partial charge in [-0.2, -0.15) is 0 Å². The zero-order chi connectivity index (χ0) is 22.2. The molecule has 2 atom stereocenters. The summed E-state index contributed by atoms with van der Waals surface area (Å²) in [6, 6.07) is 10.8. The van der Waals surface area contributed by atoms with Crippen LogP contribution >= 0.6 is 0 Å². The van der Waals surface area contributed by atoms with Gasteiger partial charge in [0.1, 0.15) is 11.3 Å². The van der Waals surface area contributed by atoms with Gasteiger partial charge in [0, 0.05) is 59.0 Å². The van der Waals surface area contributed by atoms with Gasteiger partial charge in [-0.05, 0) is 38.3 Å². The van der Waals surface area contributed by atoms with E-state index in [2.05, 4.69) is 35.8 Å². The van der Waals surface area contributed by atoms with Crippen LogP contribution in [0.15, 0.2) is 42.6 Å². The molecule has 168 valence electrons. The first kappa shape index (κ1) is 19.6. The first-order valence-corrected chi connectivity index (χ1v) is 12.1. The van der Waals surface area contributed by atoms with E-state index >= 15 is 0 Å². The number of pyridine rings is 1. The molecule has 1 saturated heterocycles. The topological polar surface area (TPSA) is 73.0 Å². The normalized spacial score (nSPS) is 25.7. The van der Waals surface area contributed by atoms with E-state index in [4.69, 9.17) is 24.9 Å². The summed E-state index contributed by atoms with van der Waals surface area (Å²) in [5, 5.41) is 10.2. The van der Waals surface area contributed by atoms with Crippen LogP contribution in [0.4, 0.5) is 0 Å². The molecule has 2 unspecified atom stereocenters. The fourth-order valence-electron chi connectivity index (χ4n) is 6.10. The lowest BCUT2D eigenvalue weighted by atomic mass is 9.82. The third-order valence-electron chi connectivity index (χ3n) is 8.04. The first-order valence-electron chi connectivity index (χ1n) is 12.1. The van der Waals surface area contributed by atoms with Gasteiger partial charge in [0.15, 0.2) is 5.79 Å². The second kappa shape index (κ2) is 7.08. The lowest BCUT2D eigenvalue weighted by Gasteiger charge is -2.36. The molecule has 3 aromatic rings. The Morgan fingerprint density at radius 2 is 1.91 bits per heavy atom. The lowest BCUT2D eigenvalue weighted by molar-refractivity contribution is -0.179. The van der Waals surface area contributed by atoms with E-state index in [0.717, 1.165) is 71.2 Å². The van der Waals surface area contributed by atoms with Crippen LogP contribution in [0.5, 0.6) is 0 Å². The minimum absolute atomic E-state index is 0.339. The number of nitrogens with zero attached hydrogens (tertiary/aromatic N) is 3. The van der Waals surface area contributed by atoms with Crippen molar-refractivity contribution >= 4 is 16.5 Å². The summed E-state index contributed by atoms with van der Waals surface area (Å²) in [4.78, 5) is 10.0. The van der Waals surface area contributed by atoms with Crippen LogP contribution in [-0.4, -0.2) is 33.5 Å². The lowest BCUT2D eigenvalue weighted by Crippen LogP contribution is -2.36. The molecule has 7 rings (SSSR count).